The van der Waals surface area contributed by atoms with Crippen LogP contribution in [0.1, 0.15) is 43.9 Å². The van der Waals surface area contributed by atoms with Gasteiger partial charge in [-0.3, -0.25) is 0 Å². The molecule has 2 aliphatic carbocycles. The maximum absolute atomic E-state index is 6.07. The molecule has 4 unspecified atom stereocenters. The molecular formula is C16H24ClNS. The van der Waals surface area contributed by atoms with Gasteiger partial charge in [0.2, 0.25) is 0 Å². The molecule has 0 saturated heterocycles. The summed E-state index contributed by atoms with van der Waals surface area (Å²) in [4.78, 5) is 1.45. The summed E-state index contributed by atoms with van der Waals surface area (Å²) in [5, 5.41) is 3.82. The van der Waals surface area contributed by atoms with E-state index in [9.17, 15) is 0 Å². The zero-order valence-corrected chi connectivity index (χ0v) is 13.3. The second-order valence-electron chi connectivity index (χ2n) is 6.31. The molecule has 0 amide bonds. The summed E-state index contributed by atoms with van der Waals surface area (Å²) in [5.74, 6) is 2.94. The highest BCUT2D eigenvalue weighted by Crippen LogP contribution is 2.50. The summed E-state index contributed by atoms with van der Waals surface area (Å²) in [6, 6.07) is 4.92. The molecule has 0 aliphatic heterocycles. The van der Waals surface area contributed by atoms with Crippen molar-refractivity contribution in [2.75, 3.05) is 6.54 Å². The van der Waals surface area contributed by atoms with Crippen molar-refractivity contribution in [3.8, 4) is 0 Å². The van der Waals surface area contributed by atoms with Crippen LogP contribution in [0.4, 0.5) is 0 Å². The van der Waals surface area contributed by atoms with E-state index in [1.807, 2.05) is 6.07 Å². The summed E-state index contributed by atoms with van der Waals surface area (Å²) < 4.78 is 0.928. The smallest absolute Gasteiger partial charge is 0.0931 e. The molecule has 1 nitrogen and oxygen atoms in total. The lowest BCUT2D eigenvalue weighted by molar-refractivity contribution is 0.247. The molecule has 1 aromatic rings. The van der Waals surface area contributed by atoms with E-state index in [1.54, 1.807) is 11.3 Å². The maximum Gasteiger partial charge on any atom is 0.0931 e. The van der Waals surface area contributed by atoms with Gasteiger partial charge in [0, 0.05) is 10.9 Å². The van der Waals surface area contributed by atoms with Gasteiger partial charge in [0.15, 0.2) is 0 Å². The average Bonchev–Trinajstić information content (AvgIpc) is 3.10. The van der Waals surface area contributed by atoms with Crippen molar-refractivity contribution in [1.82, 2.24) is 5.32 Å². The first-order valence-corrected chi connectivity index (χ1v) is 8.93. The molecule has 3 heteroatoms. The van der Waals surface area contributed by atoms with Gasteiger partial charge in [-0.05, 0) is 68.5 Å². The van der Waals surface area contributed by atoms with Gasteiger partial charge < -0.3 is 5.32 Å². The molecule has 106 valence electrons. The molecule has 1 heterocycles. The Morgan fingerprint density at radius 2 is 2.26 bits per heavy atom. The number of rotatable bonds is 6. The Balaban J connectivity index is 1.66. The summed E-state index contributed by atoms with van der Waals surface area (Å²) in [5.41, 5.74) is 0. The molecule has 1 aromatic heterocycles. The summed E-state index contributed by atoms with van der Waals surface area (Å²) in [6.45, 7) is 3.41. The van der Waals surface area contributed by atoms with Crippen LogP contribution >= 0.6 is 22.9 Å². The zero-order valence-electron chi connectivity index (χ0n) is 11.7. The predicted molar refractivity (Wildman–Crippen MR) is 84.1 cm³/mol. The minimum Gasteiger partial charge on any atom is -0.313 e. The van der Waals surface area contributed by atoms with Crippen LogP contribution in [0.15, 0.2) is 12.1 Å². The SMILES string of the molecule is CCCNC(Cc1ccc(Cl)s1)C1CC2CCC1C2. The molecule has 0 aromatic carbocycles. The fourth-order valence-corrected chi connectivity index (χ4v) is 5.32. The third kappa shape index (κ3) is 3.17. The van der Waals surface area contributed by atoms with E-state index in [1.165, 1.54) is 43.4 Å². The number of hydrogen-bond acceptors (Lipinski definition) is 2. The van der Waals surface area contributed by atoms with Crippen molar-refractivity contribution in [1.29, 1.82) is 0 Å². The highest BCUT2D eigenvalue weighted by molar-refractivity contribution is 7.16. The van der Waals surface area contributed by atoms with Crippen molar-refractivity contribution < 1.29 is 0 Å². The van der Waals surface area contributed by atoms with Crippen molar-refractivity contribution >= 4 is 22.9 Å². The van der Waals surface area contributed by atoms with E-state index in [0.29, 0.717) is 6.04 Å². The lowest BCUT2D eigenvalue weighted by atomic mass is 9.81. The number of nitrogens with one attached hydrogen (secondary N) is 1. The van der Waals surface area contributed by atoms with Gasteiger partial charge in [-0.15, -0.1) is 11.3 Å². The van der Waals surface area contributed by atoms with Gasteiger partial charge in [-0.1, -0.05) is 24.9 Å². The first-order valence-electron chi connectivity index (χ1n) is 7.74. The lowest BCUT2D eigenvalue weighted by Gasteiger charge is -2.31. The van der Waals surface area contributed by atoms with Gasteiger partial charge in [-0.2, -0.15) is 0 Å². The van der Waals surface area contributed by atoms with E-state index in [4.69, 9.17) is 11.6 Å². The van der Waals surface area contributed by atoms with Gasteiger partial charge in [-0.25, -0.2) is 0 Å². The van der Waals surface area contributed by atoms with Crippen molar-refractivity contribution in [2.24, 2.45) is 17.8 Å². The van der Waals surface area contributed by atoms with Crippen LogP contribution in [0.25, 0.3) is 0 Å². The van der Waals surface area contributed by atoms with Crippen molar-refractivity contribution in [2.45, 2.75) is 51.5 Å². The van der Waals surface area contributed by atoms with Crippen LogP contribution in [0.2, 0.25) is 4.34 Å². The van der Waals surface area contributed by atoms with Crippen LogP contribution in [-0.4, -0.2) is 12.6 Å². The molecule has 3 rings (SSSR count). The van der Waals surface area contributed by atoms with Crippen LogP contribution in [0.3, 0.4) is 0 Å². The molecule has 1 N–H and O–H groups in total. The number of halogens is 1. The van der Waals surface area contributed by atoms with E-state index in [2.05, 4.69) is 18.3 Å². The lowest BCUT2D eigenvalue weighted by Crippen LogP contribution is -2.40. The quantitative estimate of drug-likeness (QED) is 0.799. The van der Waals surface area contributed by atoms with Gasteiger partial charge in [0.25, 0.3) is 0 Å². The van der Waals surface area contributed by atoms with Crippen LogP contribution in [-0.2, 0) is 6.42 Å². The second-order valence-corrected chi connectivity index (χ2v) is 8.11. The summed E-state index contributed by atoms with van der Waals surface area (Å²) >= 11 is 7.82. The molecule has 2 bridgehead atoms. The molecule has 2 aliphatic rings. The normalized spacial score (nSPS) is 30.9. The second kappa shape index (κ2) is 6.15. The minimum absolute atomic E-state index is 0.671. The Bertz CT molecular complexity index is 417. The van der Waals surface area contributed by atoms with E-state index in [-0.39, 0.29) is 0 Å². The van der Waals surface area contributed by atoms with E-state index in [0.717, 1.165) is 28.6 Å². The fourth-order valence-electron chi connectivity index (χ4n) is 4.17. The predicted octanol–water partition coefficient (Wildman–Crippen LogP) is 4.75. The van der Waals surface area contributed by atoms with Gasteiger partial charge in [0.1, 0.15) is 0 Å². The highest BCUT2D eigenvalue weighted by atomic mass is 35.5. The number of fused-ring (bicyclic) bond motifs is 2. The fraction of sp³-hybridized carbons (Fsp3) is 0.750. The Morgan fingerprint density at radius 1 is 1.37 bits per heavy atom. The highest BCUT2D eigenvalue weighted by Gasteiger charge is 2.42. The van der Waals surface area contributed by atoms with Crippen LogP contribution in [0, 0.1) is 17.8 Å². The molecule has 2 fully saturated rings. The third-order valence-electron chi connectivity index (χ3n) is 5.02. The monoisotopic (exact) mass is 297 g/mol. The Hall–Kier alpha value is -0.0500. The Kier molecular flexibility index (Phi) is 4.51. The number of hydrogen-bond donors (Lipinski definition) is 1. The van der Waals surface area contributed by atoms with Crippen LogP contribution < -0.4 is 5.32 Å². The maximum atomic E-state index is 6.07. The minimum atomic E-state index is 0.671. The topological polar surface area (TPSA) is 12.0 Å². The Morgan fingerprint density at radius 3 is 2.84 bits per heavy atom. The summed E-state index contributed by atoms with van der Waals surface area (Å²) in [7, 11) is 0. The first-order chi connectivity index (χ1) is 9.26. The van der Waals surface area contributed by atoms with E-state index < -0.39 is 0 Å². The molecular weight excluding hydrogens is 274 g/mol. The molecule has 0 spiro atoms. The molecule has 19 heavy (non-hydrogen) atoms. The van der Waals surface area contributed by atoms with Crippen LogP contribution in [0.5, 0.6) is 0 Å². The zero-order chi connectivity index (χ0) is 13.2. The van der Waals surface area contributed by atoms with E-state index >= 15 is 0 Å². The van der Waals surface area contributed by atoms with Gasteiger partial charge >= 0.3 is 0 Å². The largest absolute Gasteiger partial charge is 0.313 e. The molecule has 4 atom stereocenters. The first kappa shape index (κ1) is 13.9. The van der Waals surface area contributed by atoms with Crippen molar-refractivity contribution in [3.63, 3.8) is 0 Å². The Labute approximate surface area is 125 Å². The average molecular weight is 298 g/mol. The summed E-state index contributed by atoms with van der Waals surface area (Å²) in [6.07, 6.45) is 8.33. The standard InChI is InChI=1S/C16H24ClNS/c1-2-7-18-15(10-13-5-6-16(17)19-13)14-9-11-3-4-12(14)8-11/h5-6,11-12,14-15,18H,2-4,7-10H2,1H3. The number of thiophene rings is 1. The molecule has 2 saturated carbocycles. The van der Waals surface area contributed by atoms with Gasteiger partial charge in [0.05, 0.1) is 4.34 Å². The molecule has 0 radical (unpaired) electrons. The van der Waals surface area contributed by atoms with Crippen molar-refractivity contribution in [3.05, 3.63) is 21.3 Å². The third-order valence-corrected chi connectivity index (χ3v) is 6.27.